The number of rotatable bonds is 17. The smallest absolute Gasteiger partial charge is 0.0894 e. The average molecular weight is 286 g/mol. The molecule has 0 nitrogen and oxygen atoms in total. The molecule has 0 aliphatic carbocycles. The zero-order valence-electron chi connectivity index (χ0n) is 13.8. The van der Waals surface area contributed by atoms with Crippen LogP contribution in [0.15, 0.2) is 0 Å². The summed E-state index contributed by atoms with van der Waals surface area (Å²) >= 11 is 0. The van der Waals surface area contributed by atoms with Crippen molar-refractivity contribution >= 4 is 0 Å². The summed E-state index contributed by atoms with van der Waals surface area (Å²) in [5.74, 6) is 0. The fourth-order valence-corrected chi connectivity index (χ4v) is 2.75. The summed E-state index contributed by atoms with van der Waals surface area (Å²) < 4.78 is 11.9. The Kier molecular flexibility index (Phi) is 18.9. The first-order valence-corrected chi connectivity index (χ1v) is 9.27. The Labute approximate surface area is 127 Å². The molecular weight excluding hydrogens is 247 g/mol. The minimum Gasteiger partial charge on any atom is -0.251 e. The second kappa shape index (κ2) is 18.9. The lowest BCUT2D eigenvalue weighted by molar-refractivity contribution is 0.448. The molecule has 0 aromatic carbocycles. The Hall–Kier alpha value is -0.0700. The summed E-state index contributed by atoms with van der Waals surface area (Å²) in [5.41, 5.74) is 0. The largest absolute Gasteiger partial charge is 0.251 e. The van der Waals surface area contributed by atoms with Crippen LogP contribution < -0.4 is 0 Å². The Morgan fingerprint density at radius 3 is 0.900 bits per heavy atom. The summed E-state index contributed by atoms with van der Waals surface area (Å²) in [6, 6.07) is 0. The maximum Gasteiger partial charge on any atom is 0.0894 e. The van der Waals surface area contributed by atoms with E-state index >= 15 is 0 Å². The van der Waals surface area contributed by atoms with E-state index in [9.17, 15) is 4.39 Å². The van der Waals surface area contributed by atoms with Gasteiger partial charge < -0.3 is 0 Å². The molecule has 0 aromatic rings. The fourth-order valence-electron chi connectivity index (χ4n) is 2.75. The molecule has 0 unspecified atom stereocenters. The summed E-state index contributed by atoms with van der Waals surface area (Å²) in [4.78, 5) is 0. The average Bonchev–Trinajstić information content (AvgIpc) is 2.47. The number of alkyl halides is 1. The molecule has 0 fully saturated rings. The van der Waals surface area contributed by atoms with E-state index in [0.29, 0.717) is 0 Å². The third-order valence-electron chi connectivity index (χ3n) is 4.13. The third kappa shape index (κ3) is 17.9. The van der Waals surface area contributed by atoms with Gasteiger partial charge in [-0.15, -0.1) is 0 Å². The van der Waals surface area contributed by atoms with Crippen molar-refractivity contribution in [3.05, 3.63) is 6.92 Å². The Morgan fingerprint density at radius 2 is 0.650 bits per heavy atom. The van der Waals surface area contributed by atoms with Crippen LogP contribution in [0.2, 0.25) is 0 Å². The van der Waals surface area contributed by atoms with E-state index < -0.39 is 0 Å². The molecule has 0 saturated carbocycles. The molecule has 0 heterocycles. The second-order valence-electron chi connectivity index (χ2n) is 6.20. The molecule has 1 heteroatoms. The van der Waals surface area contributed by atoms with Gasteiger partial charge in [-0.05, 0) is 6.42 Å². The minimum atomic E-state index is -0.129. The van der Waals surface area contributed by atoms with Gasteiger partial charge in [-0.1, -0.05) is 110 Å². The normalized spacial score (nSPS) is 11.1. The van der Waals surface area contributed by atoms with E-state index in [4.69, 9.17) is 0 Å². The molecule has 121 valence electrons. The van der Waals surface area contributed by atoms with Gasteiger partial charge in [0.2, 0.25) is 0 Å². The molecule has 0 aliphatic rings. The van der Waals surface area contributed by atoms with Crippen LogP contribution in [0.25, 0.3) is 0 Å². The minimum absolute atomic E-state index is 0.129. The highest BCUT2D eigenvalue weighted by atomic mass is 19.1. The van der Waals surface area contributed by atoms with Crippen LogP contribution in [0, 0.1) is 6.92 Å². The number of halogens is 1. The standard InChI is InChI=1S/C19H38F/c1-2-3-4-5-6-7-8-9-10-11-12-13-14-15-16-17-18-19-20/h1-19H2. The maximum absolute atomic E-state index is 11.9. The number of unbranched alkanes of at least 4 members (excludes halogenated alkanes) is 16. The van der Waals surface area contributed by atoms with Crippen molar-refractivity contribution < 1.29 is 4.39 Å². The monoisotopic (exact) mass is 285 g/mol. The fraction of sp³-hybridized carbons (Fsp3) is 0.947. The van der Waals surface area contributed by atoms with Gasteiger partial charge in [-0.2, -0.15) is 0 Å². The topological polar surface area (TPSA) is 0 Å². The van der Waals surface area contributed by atoms with Crippen LogP contribution in [0.4, 0.5) is 4.39 Å². The molecule has 0 spiro atoms. The molecule has 0 rings (SSSR count). The molecule has 0 aromatic heterocycles. The van der Waals surface area contributed by atoms with Crippen molar-refractivity contribution in [2.45, 2.75) is 109 Å². The van der Waals surface area contributed by atoms with Gasteiger partial charge in [0, 0.05) is 0 Å². The van der Waals surface area contributed by atoms with Gasteiger partial charge in [0.15, 0.2) is 0 Å². The van der Waals surface area contributed by atoms with Crippen molar-refractivity contribution in [1.82, 2.24) is 0 Å². The van der Waals surface area contributed by atoms with E-state index in [1.807, 2.05) is 0 Å². The molecule has 0 aliphatic heterocycles. The lowest BCUT2D eigenvalue weighted by Crippen LogP contribution is -1.84. The number of hydrogen-bond acceptors (Lipinski definition) is 0. The van der Waals surface area contributed by atoms with Crippen molar-refractivity contribution in [2.24, 2.45) is 0 Å². The third-order valence-corrected chi connectivity index (χ3v) is 4.13. The second-order valence-corrected chi connectivity index (χ2v) is 6.20. The van der Waals surface area contributed by atoms with Gasteiger partial charge in [-0.25, -0.2) is 0 Å². The lowest BCUT2D eigenvalue weighted by atomic mass is 10.0. The Balaban J connectivity index is 2.89. The van der Waals surface area contributed by atoms with Crippen LogP contribution in [0.5, 0.6) is 0 Å². The summed E-state index contributed by atoms with van der Waals surface area (Å²) in [7, 11) is 0. The molecular formula is C19H38F. The van der Waals surface area contributed by atoms with Crippen molar-refractivity contribution in [3.8, 4) is 0 Å². The Bertz CT molecular complexity index is 138. The predicted molar refractivity (Wildman–Crippen MR) is 89.8 cm³/mol. The highest BCUT2D eigenvalue weighted by molar-refractivity contribution is 4.50. The number of hydrogen-bond donors (Lipinski definition) is 0. The van der Waals surface area contributed by atoms with Crippen molar-refractivity contribution in [3.63, 3.8) is 0 Å². The zero-order chi connectivity index (χ0) is 14.7. The molecule has 0 bridgehead atoms. The SMILES string of the molecule is [CH2]CCCCCCCCCCCCCCCCCCF. The summed E-state index contributed by atoms with van der Waals surface area (Å²) in [5, 5.41) is 0. The Morgan fingerprint density at radius 1 is 0.400 bits per heavy atom. The summed E-state index contributed by atoms with van der Waals surface area (Å²) in [6.45, 7) is 3.75. The van der Waals surface area contributed by atoms with Gasteiger partial charge in [0.1, 0.15) is 0 Å². The van der Waals surface area contributed by atoms with Gasteiger partial charge in [0.25, 0.3) is 0 Å². The van der Waals surface area contributed by atoms with E-state index in [1.54, 1.807) is 0 Å². The predicted octanol–water partition coefficient (Wildman–Crippen LogP) is 7.42. The van der Waals surface area contributed by atoms with E-state index in [2.05, 4.69) is 6.92 Å². The van der Waals surface area contributed by atoms with Gasteiger partial charge in [0.05, 0.1) is 6.67 Å². The molecule has 0 amide bonds. The van der Waals surface area contributed by atoms with Crippen LogP contribution in [0.3, 0.4) is 0 Å². The first kappa shape index (κ1) is 19.9. The molecule has 20 heavy (non-hydrogen) atoms. The van der Waals surface area contributed by atoms with Crippen LogP contribution in [-0.4, -0.2) is 6.67 Å². The van der Waals surface area contributed by atoms with Crippen molar-refractivity contribution in [2.75, 3.05) is 6.67 Å². The molecule has 0 atom stereocenters. The van der Waals surface area contributed by atoms with E-state index in [-0.39, 0.29) is 6.67 Å². The summed E-state index contributed by atoms with van der Waals surface area (Å²) in [6.07, 6.45) is 22.4. The first-order valence-electron chi connectivity index (χ1n) is 9.27. The van der Waals surface area contributed by atoms with Crippen LogP contribution in [-0.2, 0) is 0 Å². The molecule has 0 N–H and O–H groups in total. The highest BCUT2D eigenvalue weighted by Gasteiger charge is 1.94. The van der Waals surface area contributed by atoms with Gasteiger partial charge >= 0.3 is 0 Å². The maximum atomic E-state index is 11.9. The molecule has 0 saturated heterocycles. The molecule has 1 radical (unpaired) electrons. The van der Waals surface area contributed by atoms with Crippen LogP contribution in [0.1, 0.15) is 109 Å². The highest BCUT2D eigenvalue weighted by Crippen LogP contribution is 2.13. The van der Waals surface area contributed by atoms with E-state index in [1.165, 1.54) is 89.9 Å². The van der Waals surface area contributed by atoms with Gasteiger partial charge in [-0.3, -0.25) is 4.39 Å². The van der Waals surface area contributed by atoms with Crippen LogP contribution >= 0.6 is 0 Å². The van der Waals surface area contributed by atoms with Crippen molar-refractivity contribution in [1.29, 1.82) is 0 Å². The first-order chi connectivity index (χ1) is 9.91. The zero-order valence-corrected chi connectivity index (χ0v) is 13.8. The lowest BCUT2D eigenvalue weighted by Gasteiger charge is -2.03. The van der Waals surface area contributed by atoms with E-state index in [0.717, 1.165) is 19.3 Å². The quantitative estimate of drug-likeness (QED) is 0.244.